The number of nitrogens with zero attached hydrogens (tertiary/aromatic N) is 3. The lowest BCUT2D eigenvalue weighted by atomic mass is 10.3. The van der Waals surface area contributed by atoms with Crippen LogP contribution in [0, 0.1) is 6.92 Å². The lowest BCUT2D eigenvalue weighted by Gasteiger charge is -2.21. The number of anilines is 1. The van der Waals surface area contributed by atoms with Gasteiger partial charge in [0.1, 0.15) is 11.5 Å². The fourth-order valence-corrected chi connectivity index (χ4v) is 2.39. The minimum absolute atomic E-state index is 0.0534. The van der Waals surface area contributed by atoms with Gasteiger partial charge in [-0.2, -0.15) is 0 Å². The Morgan fingerprint density at radius 2 is 1.93 bits per heavy atom. The third kappa shape index (κ3) is 7.49. The van der Waals surface area contributed by atoms with E-state index in [0.29, 0.717) is 24.7 Å². The van der Waals surface area contributed by atoms with Crippen LogP contribution in [-0.4, -0.2) is 67.1 Å². The number of amides is 2. The summed E-state index contributed by atoms with van der Waals surface area (Å²) in [7, 11) is 3.47. The van der Waals surface area contributed by atoms with E-state index in [2.05, 4.69) is 10.5 Å². The number of likely N-dealkylation sites (N-methyl/N-ethyl adjacent to an activating group) is 2. The first kappa shape index (κ1) is 20.4. The molecule has 0 aliphatic heterocycles. The molecule has 0 unspecified atom stereocenters. The van der Waals surface area contributed by atoms with E-state index in [0.717, 1.165) is 12.2 Å². The Bertz CT molecular complexity index is 732. The molecule has 8 heteroatoms. The largest absolute Gasteiger partial charge is 0.494 e. The van der Waals surface area contributed by atoms with Gasteiger partial charge in [-0.05, 0) is 32.5 Å². The van der Waals surface area contributed by atoms with Gasteiger partial charge in [-0.15, -0.1) is 0 Å². The highest BCUT2D eigenvalue weighted by Gasteiger charge is 2.15. The van der Waals surface area contributed by atoms with Crippen molar-refractivity contribution in [3.05, 3.63) is 42.2 Å². The van der Waals surface area contributed by atoms with E-state index in [1.54, 1.807) is 36.9 Å². The van der Waals surface area contributed by atoms with Crippen LogP contribution < -0.4 is 10.1 Å². The van der Waals surface area contributed by atoms with Crippen LogP contribution in [0.15, 0.2) is 40.9 Å². The second-order valence-corrected chi connectivity index (χ2v) is 6.37. The van der Waals surface area contributed by atoms with E-state index in [4.69, 9.17) is 9.26 Å². The first-order chi connectivity index (χ1) is 12.9. The third-order valence-corrected chi connectivity index (χ3v) is 3.79. The van der Waals surface area contributed by atoms with Crippen molar-refractivity contribution in [3.63, 3.8) is 0 Å². The summed E-state index contributed by atoms with van der Waals surface area (Å²) in [6, 6.07) is 11.2. The first-order valence-corrected chi connectivity index (χ1v) is 8.77. The number of rotatable bonds is 10. The summed E-state index contributed by atoms with van der Waals surface area (Å²) in [5, 5.41) is 6.33. The maximum atomic E-state index is 12.2. The van der Waals surface area contributed by atoms with Gasteiger partial charge in [0.25, 0.3) is 0 Å². The molecule has 1 heterocycles. The van der Waals surface area contributed by atoms with Gasteiger partial charge < -0.3 is 19.5 Å². The highest BCUT2D eigenvalue weighted by Crippen LogP contribution is 2.08. The molecule has 0 fully saturated rings. The summed E-state index contributed by atoms with van der Waals surface area (Å²) in [5.74, 6) is 1.50. The van der Waals surface area contributed by atoms with Crippen molar-refractivity contribution in [2.75, 3.05) is 45.7 Å². The standard InChI is InChI=1S/C19H26N4O4/c1-15-12-17(21-27-15)20-18(24)13-22(2)14-19(25)23(3)10-7-11-26-16-8-5-4-6-9-16/h4-6,8-9,12H,7,10-11,13-14H2,1-3H3,(H,20,21,24). The zero-order valence-corrected chi connectivity index (χ0v) is 16.0. The first-order valence-electron chi connectivity index (χ1n) is 8.77. The number of hydrogen-bond donors (Lipinski definition) is 1. The highest BCUT2D eigenvalue weighted by molar-refractivity contribution is 5.91. The molecule has 2 rings (SSSR count). The van der Waals surface area contributed by atoms with Gasteiger partial charge in [0.05, 0.1) is 19.7 Å². The number of carbonyl (C=O) groups is 2. The van der Waals surface area contributed by atoms with Gasteiger partial charge in [-0.1, -0.05) is 23.4 Å². The summed E-state index contributed by atoms with van der Waals surface area (Å²) in [5.41, 5.74) is 0. The van der Waals surface area contributed by atoms with E-state index in [1.165, 1.54) is 0 Å². The Balaban J connectivity index is 1.63. The van der Waals surface area contributed by atoms with Crippen molar-refractivity contribution in [3.8, 4) is 5.75 Å². The number of aromatic nitrogens is 1. The Hall–Kier alpha value is -2.87. The fraction of sp³-hybridized carbons (Fsp3) is 0.421. The van der Waals surface area contributed by atoms with Crippen LogP contribution in [0.3, 0.4) is 0 Å². The summed E-state index contributed by atoms with van der Waals surface area (Å²) < 4.78 is 10.5. The molecular formula is C19H26N4O4. The zero-order chi connectivity index (χ0) is 19.6. The van der Waals surface area contributed by atoms with Crippen LogP contribution in [0.2, 0.25) is 0 Å². The molecule has 0 atom stereocenters. The van der Waals surface area contributed by atoms with E-state index in [9.17, 15) is 9.59 Å². The molecule has 0 aliphatic rings. The van der Waals surface area contributed by atoms with Crippen molar-refractivity contribution in [2.24, 2.45) is 0 Å². The maximum Gasteiger partial charge on any atom is 0.239 e. The summed E-state index contributed by atoms with van der Waals surface area (Å²) in [6.07, 6.45) is 0.729. The minimum atomic E-state index is -0.252. The molecule has 0 saturated heterocycles. The quantitative estimate of drug-likeness (QED) is 0.638. The van der Waals surface area contributed by atoms with Crippen LogP contribution in [0.5, 0.6) is 5.75 Å². The normalized spacial score (nSPS) is 10.7. The number of benzene rings is 1. The maximum absolute atomic E-state index is 12.2. The second kappa shape index (κ2) is 10.3. The predicted octanol–water partition coefficient (Wildman–Crippen LogP) is 1.78. The van der Waals surface area contributed by atoms with E-state index in [-0.39, 0.29) is 24.9 Å². The molecule has 27 heavy (non-hydrogen) atoms. The molecule has 1 aromatic heterocycles. The van der Waals surface area contributed by atoms with Crippen molar-refractivity contribution >= 4 is 17.6 Å². The van der Waals surface area contributed by atoms with Gasteiger partial charge in [-0.25, -0.2) is 0 Å². The Morgan fingerprint density at radius 3 is 2.59 bits per heavy atom. The molecule has 2 aromatic rings. The summed E-state index contributed by atoms with van der Waals surface area (Å²) in [6.45, 7) is 3.11. The molecule has 0 aliphatic carbocycles. The Morgan fingerprint density at radius 1 is 1.19 bits per heavy atom. The lowest BCUT2D eigenvalue weighted by Crippen LogP contribution is -2.40. The van der Waals surface area contributed by atoms with Crippen LogP contribution in [0.1, 0.15) is 12.2 Å². The summed E-state index contributed by atoms with van der Waals surface area (Å²) >= 11 is 0. The van der Waals surface area contributed by atoms with E-state index >= 15 is 0 Å². The SMILES string of the molecule is Cc1cc(NC(=O)CN(C)CC(=O)N(C)CCCOc2ccccc2)no1. The van der Waals surface area contributed by atoms with Gasteiger partial charge >= 0.3 is 0 Å². The molecule has 1 aromatic carbocycles. The van der Waals surface area contributed by atoms with Crippen LogP contribution in [0.4, 0.5) is 5.82 Å². The molecular weight excluding hydrogens is 348 g/mol. The van der Waals surface area contributed by atoms with Gasteiger partial charge in [-0.3, -0.25) is 14.5 Å². The average Bonchev–Trinajstić information content (AvgIpc) is 3.03. The summed E-state index contributed by atoms with van der Waals surface area (Å²) in [4.78, 5) is 27.5. The average molecular weight is 374 g/mol. The Kier molecular flexibility index (Phi) is 7.81. The minimum Gasteiger partial charge on any atom is -0.494 e. The number of aryl methyl sites for hydroxylation is 1. The number of ether oxygens (including phenoxy) is 1. The van der Waals surface area contributed by atoms with Crippen molar-refractivity contribution in [1.29, 1.82) is 0 Å². The molecule has 0 radical (unpaired) electrons. The van der Waals surface area contributed by atoms with E-state index in [1.807, 2.05) is 30.3 Å². The molecule has 0 saturated carbocycles. The molecule has 0 spiro atoms. The molecule has 146 valence electrons. The number of nitrogens with one attached hydrogen (secondary N) is 1. The lowest BCUT2D eigenvalue weighted by molar-refractivity contribution is -0.131. The van der Waals surface area contributed by atoms with Crippen LogP contribution in [0.25, 0.3) is 0 Å². The van der Waals surface area contributed by atoms with Gasteiger partial charge in [0.2, 0.25) is 11.8 Å². The van der Waals surface area contributed by atoms with Crippen LogP contribution in [-0.2, 0) is 9.59 Å². The van der Waals surface area contributed by atoms with Crippen LogP contribution >= 0.6 is 0 Å². The molecule has 2 amide bonds. The van der Waals surface area contributed by atoms with Gasteiger partial charge in [0.15, 0.2) is 5.82 Å². The zero-order valence-electron chi connectivity index (χ0n) is 16.0. The number of para-hydroxylation sites is 1. The second-order valence-electron chi connectivity index (χ2n) is 6.37. The van der Waals surface area contributed by atoms with E-state index < -0.39 is 0 Å². The van der Waals surface area contributed by atoms with Crippen molar-refractivity contribution in [1.82, 2.24) is 15.0 Å². The van der Waals surface area contributed by atoms with Crippen molar-refractivity contribution in [2.45, 2.75) is 13.3 Å². The van der Waals surface area contributed by atoms with Crippen molar-refractivity contribution < 1.29 is 18.8 Å². The Labute approximate surface area is 159 Å². The fourth-order valence-electron chi connectivity index (χ4n) is 2.39. The highest BCUT2D eigenvalue weighted by atomic mass is 16.5. The third-order valence-electron chi connectivity index (χ3n) is 3.79. The molecule has 8 nitrogen and oxygen atoms in total. The smallest absolute Gasteiger partial charge is 0.239 e. The monoisotopic (exact) mass is 374 g/mol. The van der Waals surface area contributed by atoms with Gasteiger partial charge in [0, 0.05) is 19.7 Å². The number of hydrogen-bond acceptors (Lipinski definition) is 6. The number of carbonyl (C=O) groups excluding carboxylic acids is 2. The predicted molar refractivity (Wildman–Crippen MR) is 102 cm³/mol. The molecule has 1 N–H and O–H groups in total. The molecule has 0 bridgehead atoms. The topological polar surface area (TPSA) is 87.9 Å².